The SMILES string of the molecule is CC(C)(C)OC(=O)N1CCC(C)(N2CCC(N[C@H]3CCCC[C@@H]3CC(=O)O)CC2)C1. The summed E-state index contributed by atoms with van der Waals surface area (Å²) in [6.07, 6.45) is 7.71. The van der Waals surface area contributed by atoms with Gasteiger partial charge in [-0.05, 0) is 65.7 Å². The zero-order valence-electron chi connectivity index (χ0n) is 19.3. The molecule has 7 heteroatoms. The Kier molecular flexibility index (Phi) is 7.33. The summed E-state index contributed by atoms with van der Waals surface area (Å²) in [5, 5.41) is 13.0. The smallest absolute Gasteiger partial charge is 0.410 e. The van der Waals surface area contributed by atoms with Crippen molar-refractivity contribution in [3.05, 3.63) is 0 Å². The lowest BCUT2D eigenvalue weighted by molar-refractivity contribution is -0.138. The Hall–Kier alpha value is -1.34. The molecule has 3 aliphatic rings. The van der Waals surface area contributed by atoms with E-state index in [0.717, 1.165) is 64.7 Å². The van der Waals surface area contributed by atoms with Crippen molar-refractivity contribution < 1.29 is 19.4 Å². The Morgan fingerprint density at radius 1 is 1.10 bits per heavy atom. The van der Waals surface area contributed by atoms with Gasteiger partial charge in [-0.1, -0.05) is 12.8 Å². The third kappa shape index (κ3) is 6.10. The topological polar surface area (TPSA) is 82.1 Å². The van der Waals surface area contributed by atoms with Crippen LogP contribution in [0.15, 0.2) is 0 Å². The molecular formula is C23H41N3O4. The van der Waals surface area contributed by atoms with Crippen LogP contribution in [-0.4, -0.2) is 76.4 Å². The summed E-state index contributed by atoms with van der Waals surface area (Å²) in [4.78, 5) is 28.1. The van der Waals surface area contributed by atoms with E-state index in [0.29, 0.717) is 12.1 Å². The van der Waals surface area contributed by atoms with E-state index >= 15 is 0 Å². The number of rotatable bonds is 5. The van der Waals surface area contributed by atoms with Gasteiger partial charge in [0.25, 0.3) is 0 Å². The van der Waals surface area contributed by atoms with Crippen LogP contribution < -0.4 is 5.32 Å². The number of hydrogen-bond donors (Lipinski definition) is 2. The van der Waals surface area contributed by atoms with Crippen LogP contribution in [0, 0.1) is 5.92 Å². The maximum Gasteiger partial charge on any atom is 0.410 e. The average molecular weight is 424 g/mol. The van der Waals surface area contributed by atoms with Crippen LogP contribution in [0.1, 0.15) is 79.1 Å². The van der Waals surface area contributed by atoms with Crippen molar-refractivity contribution in [3.63, 3.8) is 0 Å². The summed E-state index contributed by atoms with van der Waals surface area (Å²) in [5.74, 6) is -0.406. The molecule has 7 nitrogen and oxygen atoms in total. The second kappa shape index (κ2) is 9.43. The van der Waals surface area contributed by atoms with Crippen molar-refractivity contribution in [1.82, 2.24) is 15.1 Å². The summed E-state index contributed by atoms with van der Waals surface area (Å²) in [6, 6.07) is 0.809. The van der Waals surface area contributed by atoms with Gasteiger partial charge in [0, 0.05) is 50.2 Å². The summed E-state index contributed by atoms with van der Waals surface area (Å²) in [6.45, 7) is 11.5. The van der Waals surface area contributed by atoms with Crippen molar-refractivity contribution >= 4 is 12.1 Å². The van der Waals surface area contributed by atoms with Crippen molar-refractivity contribution in [2.24, 2.45) is 5.92 Å². The van der Waals surface area contributed by atoms with Gasteiger partial charge in [-0.15, -0.1) is 0 Å². The molecule has 0 radical (unpaired) electrons. The van der Waals surface area contributed by atoms with Crippen LogP contribution in [-0.2, 0) is 9.53 Å². The molecule has 1 unspecified atom stereocenters. The lowest BCUT2D eigenvalue weighted by Gasteiger charge is -2.44. The summed E-state index contributed by atoms with van der Waals surface area (Å²) < 4.78 is 5.56. The van der Waals surface area contributed by atoms with Crippen LogP contribution >= 0.6 is 0 Å². The summed E-state index contributed by atoms with van der Waals surface area (Å²) in [7, 11) is 0. The van der Waals surface area contributed by atoms with Gasteiger partial charge in [-0.2, -0.15) is 0 Å². The highest BCUT2D eigenvalue weighted by molar-refractivity contribution is 5.68. The molecule has 172 valence electrons. The molecule has 0 aromatic carbocycles. The summed E-state index contributed by atoms with van der Waals surface area (Å²) >= 11 is 0. The number of carboxylic acids is 1. The normalized spacial score (nSPS) is 31.7. The standard InChI is InChI=1S/C23H41N3O4/c1-22(2,3)30-21(29)25-14-11-23(4,16-25)26-12-9-18(10-13-26)24-19-8-6-5-7-17(19)15-20(27)28/h17-19,24H,5-16H2,1-4H3,(H,27,28)/t17-,19+,23?/m1/s1. The number of likely N-dealkylation sites (tertiary alicyclic amines) is 2. The number of amides is 1. The number of nitrogens with zero attached hydrogens (tertiary/aromatic N) is 2. The van der Waals surface area contributed by atoms with Gasteiger partial charge in [0.15, 0.2) is 0 Å². The van der Waals surface area contributed by atoms with Crippen molar-refractivity contribution in [2.45, 2.75) is 102 Å². The number of nitrogens with one attached hydrogen (secondary N) is 1. The van der Waals surface area contributed by atoms with E-state index in [1.165, 1.54) is 6.42 Å². The quantitative estimate of drug-likeness (QED) is 0.705. The first kappa shape index (κ1) is 23.3. The first-order valence-corrected chi connectivity index (χ1v) is 11.8. The Labute approximate surface area is 181 Å². The number of carbonyl (C=O) groups is 2. The third-order valence-electron chi connectivity index (χ3n) is 7.16. The molecule has 1 aliphatic carbocycles. The predicted molar refractivity (Wildman–Crippen MR) is 117 cm³/mol. The summed E-state index contributed by atoms with van der Waals surface area (Å²) in [5.41, 5.74) is -0.448. The second-order valence-electron chi connectivity index (χ2n) is 10.8. The molecule has 2 aliphatic heterocycles. The molecule has 0 bridgehead atoms. The Balaban J connectivity index is 1.48. The Morgan fingerprint density at radius 3 is 2.40 bits per heavy atom. The zero-order valence-corrected chi connectivity index (χ0v) is 19.3. The highest BCUT2D eigenvalue weighted by atomic mass is 16.6. The molecule has 30 heavy (non-hydrogen) atoms. The van der Waals surface area contributed by atoms with Gasteiger partial charge in [0.05, 0.1) is 0 Å². The number of aliphatic carboxylic acids is 1. The first-order chi connectivity index (χ1) is 14.1. The highest BCUT2D eigenvalue weighted by Crippen LogP contribution is 2.32. The largest absolute Gasteiger partial charge is 0.481 e. The van der Waals surface area contributed by atoms with E-state index in [9.17, 15) is 14.7 Å². The Bertz CT molecular complexity index is 612. The van der Waals surface area contributed by atoms with Crippen molar-refractivity contribution in [2.75, 3.05) is 26.2 Å². The van der Waals surface area contributed by atoms with Gasteiger partial charge in [-0.25, -0.2) is 4.79 Å². The van der Waals surface area contributed by atoms with Gasteiger partial charge in [0.2, 0.25) is 0 Å². The fourth-order valence-corrected chi connectivity index (χ4v) is 5.47. The number of ether oxygens (including phenoxy) is 1. The zero-order chi connectivity index (χ0) is 21.9. The molecule has 3 atom stereocenters. The van der Waals surface area contributed by atoms with E-state index in [4.69, 9.17) is 4.74 Å². The fourth-order valence-electron chi connectivity index (χ4n) is 5.47. The van der Waals surface area contributed by atoms with Crippen LogP contribution in [0.2, 0.25) is 0 Å². The molecule has 0 spiro atoms. The molecule has 0 aromatic heterocycles. The van der Waals surface area contributed by atoms with Gasteiger partial charge in [0.1, 0.15) is 5.60 Å². The molecular weight excluding hydrogens is 382 g/mol. The van der Waals surface area contributed by atoms with Gasteiger partial charge in [-0.3, -0.25) is 9.69 Å². The van der Waals surface area contributed by atoms with Crippen LogP contribution in [0.5, 0.6) is 0 Å². The van der Waals surface area contributed by atoms with E-state index in [2.05, 4.69) is 17.1 Å². The molecule has 1 saturated carbocycles. The number of piperidine rings is 1. The minimum Gasteiger partial charge on any atom is -0.481 e. The van der Waals surface area contributed by atoms with Crippen molar-refractivity contribution in [3.8, 4) is 0 Å². The number of hydrogen-bond acceptors (Lipinski definition) is 5. The van der Waals surface area contributed by atoms with E-state index in [1.807, 2.05) is 25.7 Å². The lowest BCUT2D eigenvalue weighted by Crippen LogP contribution is -2.56. The second-order valence-corrected chi connectivity index (χ2v) is 10.8. The molecule has 2 saturated heterocycles. The number of carbonyl (C=O) groups excluding carboxylic acids is 1. The minimum absolute atomic E-state index is 0.0125. The van der Waals surface area contributed by atoms with Crippen LogP contribution in [0.3, 0.4) is 0 Å². The van der Waals surface area contributed by atoms with E-state index < -0.39 is 11.6 Å². The van der Waals surface area contributed by atoms with Crippen molar-refractivity contribution in [1.29, 1.82) is 0 Å². The van der Waals surface area contributed by atoms with E-state index in [-0.39, 0.29) is 24.0 Å². The van der Waals surface area contributed by atoms with Gasteiger partial charge < -0.3 is 20.1 Å². The van der Waals surface area contributed by atoms with Crippen LogP contribution in [0.4, 0.5) is 4.79 Å². The molecule has 3 rings (SSSR count). The maximum absolute atomic E-state index is 12.4. The first-order valence-electron chi connectivity index (χ1n) is 11.8. The maximum atomic E-state index is 12.4. The molecule has 0 aromatic rings. The lowest BCUT2D eigenvalue weighted by atomic mass is 9.81. The monoisotopic (exact) mass is 423 g/mol. The van der Waals surface area contributed by atoms with Crippen LogP contribution in [0.25, 0.3) is 0 Å². The third-order valence-corrected chi connectivity index (χ3v) is 7.16. The Morgan fingerprint density at radius 2 is 1.77 bits per heavy atom. The molecule has 1 amide bonds. The molecule has 2 heterocycles. The highest BCUT2D eigenvalue weighted by Gasteiger charge is 2.43. The molecule has 2 N–H and O–H groups in total. The van der Waals surface area contributed by atoms with E-state index in [1.54, 1.807) is 0 Å². The minimum atomic E-state index is -0.674. The average Bonchev–Trinajstić information content (AvgIpc) is 3.06. The fraction of sp³-hybridized carbons (Fsp3) is 0.913. The van der Waals surface area contributed by atoms with Gasteiger partial charge >= 0.3 is 12.1 Å². The molecule has 3 fully saturated rings. The number of carboxylic acid groups (broad SMARTS) is 1. The predicted octanol–water partition coefficient (Wildman–Crippen LogP) is 3.47.